The van der Waals surface area contributed by atoms with Crippen LogP contribution in [0.25, 0.3) is 0 Å². The van der Waals surface area contributed by atoms with Gasteiger partial charge in [-0.1, -0.05) is 6.07 Å². The minimum absolute atomic E-state index is 0.0717. The number of nitriles is 1. The summed E-state index contributed by atoms with van der Waals surface area (Å²) in [6, 6.07) is 14.9. The molecule has 2 aromatic carbocycles. The van der Waals surface area contributed by atoms with Crippen LogP contribution in [0.2, 0.25) is 0 Å². The van der Waals surface area contributed by atoms with E-state index in [9.17, 15) is 0 Å². The van der Waals surface area contributed by atoms with Gasteiger partial charge in [-0.15, -0.1) is 0 Å². The Hall–Kier alpha value is -2.67. The Morgan fingerprint density at radius 1 is 1.15 bits per heavy atom. The summed E-state index contributed by atoms with van der Waals surface area (Å²) in [7, 11) is 0. The van der Waals surface area contributed by atoms with Crippen molar-refractivity contribution < 1.29 is 4.74 Å². The molecule has 0 spiro atoms. The molecule has 20 heavy (non-hydrogen) atoms. The molecule has 0 unspecified atom stereocenters. The van der Waals surface area contributed by atoms with Crippen LogP contribution < -0.4 is 15.8 Å². The van der Waals surface area contributed by atoms with Gasteiger partial charge in [0.1, 0.15) is 5.75 Å². The number of nitrogens with zero attached hydrogens (tertiary/aromatic N) is 1. The second-order valence-corrected chi connectivity index (χ2v) is 4.70. The van der Waals surface area contributed by atoms with Gasteiger partial charge < -0.3 is 15.8 Å². The van der Waals surface area contributed by atoms with Gasteiger partial charge in [-0.25, -0.2) is 0 Å². The van der Waals surface area contributed by atoms with Crippen molar-refractivity contribution in [1.82, 2.24) is 0 Å². The Morgan fingerprint density at radius 2 is 1.85 bits per heavy atom. The van der Waals surface area contributed by atoms with Crippen molar-refractivity contribution in [2.75, 3.05) is 11.1 Å². The summed E-state index contributed by atoms with van der Waals surface area (Å²) in [5.74, 6) is 0.665. The van der Waals surface area contributed by atoms with E-state index in [2.05, 4.69) is 11.4 Å². The van der Waals surface area contributed by atoms with E-state index in [4.69, 9.17) is 15.7 Å². The molecule has 0 radical (unpaired) electrons. The number of ether oxygens (including phenoxy) is 1. The highest BCUT2D eigenvalue weighted by Gasteiger charge is 2.07. The maximum absolute atomic E-state index is 8.78. The minimum Gasteiger partial charge on any atom is -0.489 e. The lowest BCUT2D eigenvalue weighted by Crippen LogP contribution is -2.08. The minimum atomic E-state index is 0.0717. The van der Waals surface area contributed by atoms with Gasteiger partial charge in [-0.3, -0.25) is 0 Å². The predicted molar refractivity (Wildman–Crippen MR) is 81.1 cm³/mol. The molecular formula is C16H17N3O. The molecular weight excluding hydrogens is 250 g/mol. The standard InChI is InChI=1S/C16H17N3O/c1-11(2)20-15-5-3-4-14(16(15)18)19-13-8-6-12(10-17)7-9-13/h3-9,11,19H,18H2,1-2H3. The second-order valence-electron chi connectivity index (χ2n) is 4.70. The Bertz CT molecular complexity index is 627. The maximum atomic E-state index is 8.78. The van der Waals surface area contributed by atoms with Crippen molar-refractivity contribution in [3.8, 4) is 11.8 Å². The predicted octanol–water partition coefficient (Wildman–Crippen LogP) is 3.67. The molecule has 2 rings (SSSR count). The molecule has 0 bridgehead atoms. The fraction of sp³-hybridized carbons (Fsp3) is 0.188. The number of nitrogen functional groups attached to an aromatic ring is 1. The molecule has 0 fully saturated rings. The smallest absolute Gasteiger partial charge is 0.144 e. The number of para-hydroxylation sites is 1. The van der Waals surface area contributed by atoms with E-state index in [1.165, 1.54) is 0 Å². The lowest BCUT2D eigenvalue weighted by atomic mass is 10.2. The van der Waals surface area contributed by atoms with E-state index < -0.39 is 0 Å². The molecule has 0 saturated carbocycles. The van der Waals surface area contributed by atoms with E-state index in [-0.39, 0.29) is 6.10 Å². The zero-order valence-electron chi connectivity index (χ0n) is 11.6. The van der Waals surface area contributed by atoms with Crippen LogP contribution in [0, 0.1) is 11.3 Å². The molecule has 0 heterocycles. The van der Waals surface area contributed by atoms with Crippen LogP contribution in [0.15, 0.2) is 42.5 Å². The summed E-state index contributed by atoms with van der Waals surface area (Å²) in [6.07, 6.45) is 0.0717. The first-order valence-electron chi connectivity index (χ1n) is 6.42. The molecule has 2 aromatic rings. The van der Waals surface area contributed by atoms with Crippen LogP contribution in [0.1, 0.15) is 19.4 Å². The second kappa shape index (κ2) is 5.98. The van der Waals surface area contributed by atoms with Gasteiger partial charge in [0.05, 0.1) is 29.1 Å². The van der Waals surface area contributed by atoms with Gasteiger partial charge in [0, 0.05) is 5.69 Å². The van der Waals surface area contributed by atoms with Crippen LogP contribution in [0.5, 0.6) is 5.75 Å². The van der Waals surface area contributed by atoms with Crippen molar-refractivity contribution in [2.45, 2.75) is 20.0 Å². The molecule has 0 aliphatic rings. The number of hydrogen-bond donors (Lipinski definition) is 2. The van der Waals surface area contributed by atoms with Gasteiger partial charge in [0.25, 0.3) is 0 Å². The van der Waals surface area contributed by atoms with E-state index in [0.717, 1.165) is 11.4 Å². The molecule has 0 atom stereocenters. The largest absolute Gasteiger partial charge is 0.489 e. The van der Waals surface area contributed by atoms with Crippen LogP contribution in [-0.4, -0.2) is 6.10 Å². The number of nitrogens with one attached hydrogen (secondary N) is 1. The Labute approximate surface area is 118 Å². The fourth-order valence-corrected chi connectivity index (χ4v) is 1.79. The number of anilines is 3. The van der Waals surface area contributed by atoms with Gasteiger partial charge in [-0.2, -0.15) is 5.26 Å². The molecule has 0 saturated heterocycles. The van der Waals surface area contributed by atoms with E-state index >= 15 is 0 Å². The van der Waals surface area contributed by atoms with E-state index in [1.54, 1.807) is 12.1 Å². The van der Waals surface area contributed by atoms with Crippen LogP contribution in [-0.2, 0) is 0 Å². The molecule has 3 N–H and O–H groups in total. The van der Waals surface area contributed by atoms with E-state index in [0.29, 0.717) is 17.0 Å². The number of rotatable bonds is 4. The fourth-order valence-electron chi connectivity index (χ4n) is 1.79. The van der Waals surface area contributed by atoms with Gasteiger partial charge in [-0.05, 0) is 50.2 Å². The summed E-state index contributed by atoms with van der Waals surface area (Å²) >= 11 is 0. The zero-order chi connectivity index (χ0) is 14.5. The Morgan fingerprint density at radius 3 is 2.45 bits per heavy atom. The molecule has 0 amide bonds. The SMILES string of the molecule is CC(C)Oc1cccc(Nc2ccc(C#N)cc2)c1N. The molecule has 0 aromatic heterocycles. The topological polar surface area (TPSA) is 71.1 Å². The van der Waals surface area contributed by atoms with Crippen molar-refractivity contribution in [3.63, 3.8) is 0 Å². The first-order chi connectivity index (χ1) is 9.60. The summed E-state index contributed by atoms with van der Waals surface area (Å²) in [5.41, 5.74) is 8.95. The number of hydrogen-bond acceptors (Lipinski definition) is 4. The van der Waals surface area contributed by atoms with Gasteiger partial charge in [0.2, 0.25) is 0 Å². The van der Waals surface area contributed by atoms with Crippen molar-refractivity contribution in [1.29, 1.82) is 5.26 Å². The van der Waals surface area contributed by atoms with Crippen molar-refractivity contribution >= 4 is 17.1 Å². The average molecular weight is 267 g/mol. The Kier molecular flexibility index (Phi) is 4.11. The van der Waals surface area contributed by atoms with E-state index in [1.807, 2.05) is 44.2 Å². The average Bonchev–Trinajstić information content (AvgIpc) is 2.43. The zero-order valence-corrected chi connectivity index (χ0v) is 11.6. The van der Waals surface area contributed by atoms with Gasteiger partial charge in [0.15, 0.2) is 0 Å². The lowest BCUT2D eigenvalue weighted by Gasteiger charge is -2.15. The lowest BCUT2D eigenvalue weighted by molar-refractivity contribution is 0.244. The first-order valence-corrected chi connectivity index (χ1v) is 6.42. The van der Waals surface area contributed by atoms with Crippen molar-refractivity contribution in [2.24, 2.45) is 0 Å². The summed E-state index contributed by atoms with van der Waals surface area (Å²) in [4.78, 5) is 0. The van der Waals surface area contributed by atoms with Gasteiger partial charge >= 0.3 is 0 Å². The highest BCUT2D eigenvalue weighted by Crippen LogP contribution is 2.32. The first kappa shape index (κ1) is 13.8. The quantitative estimate of drug-likeness (QED) is 0.829. The molecule has 102 valence electrons. The third kappa shape index (κ3) is 3.21. The van der Waals surface area contributed by atoms with Crippen LogP contribution >= 0.6 is 0 Å². The monoisotopic (exact) mass is 267 g/mol. The molecule has 0 aliphatic heterocycles. The van der Waals surface area contributed by atoms with Crippen LogP contribution in [0.4, 0.5) is 17.1 Å². The molecule has 4 nitrogen and oxygen atoms in total. The molecule has 0 aliphatic carbocycles. The summed E-state index contributed by atoms with van der Waals surface area (Å²) in [5, 5.41) is 12.0. The van der Waals surface area contributed by atoms with Crippen molar-refractivity contribution in [3.05, 3.63) is 48.0 Å². The summed E-state index contributed by atoms with van der Waals surface area (Å²) < 4.78 is 5.65. The number of nitrogens with two attached hydrogens (primary N) is 1. The highest BCUT2D eigenvalue weighted by atomic mass is 16.5. The maximum Gasteiger partial charge on any atom is 0.144 e. The van der Waals surface area contributed by atoms with Crippen LogP contribution in [0.3, 0.4) is 0 Å². The highest BCUT2D eigenvalue weighted by molar-refractivity contribution is 5.77. The summed E-state index contributed by atoms with van der Waals surface area (Å²) in [6.45, 7) is 3.92. The Balaban J connectivity index is 2.22. The third-order valence-electron chi connectivity index (χ3n) is 2.72. The third-order valence-corrected chi connectivity index (χ3v) is 2.72. The molecule has 4 heteroatoms. The number of benzene rings is 2. The normalized spacial score (nSPS) is 10.1.